The summed E-state index contributed by atoms with van der Waals surface area (Å²) in [4.78, 5) is 15.1. The highest BCUT2D eigenvalue weighted by Crippen LogP contribution is 2.38. The lowest BCUT2D eigenvalue weighted by atomic mass is 10.1. The highest BCUT2D eigenvalue weighted by atomic mass is 79.9. The van der Waals surface area contributed by atoms with Gasteiger partial charge >= 0.3 is 0 Å². The number of thiocarbonyl (C=S) groups is 1. The van der Waals surface area contributed by atoms with Crippen molar-refractivity contribution >= 4 is 85.1 Å². The molecule has 0 aliphatic carbocycles. The zero-order valence-corrected chi connectivity index (χ0v) is 20.6. The number of benzene rings is 3. The number of thioether (sulfide) groups is 1. The Balaban J connectivity index is 1.60. The average molecular weight is 551 g/mol. The highest BCUT2D eigenvalue weighted by molar-refractivity contribution is 9.10. The van der Waals surface area contributed by atoms with Crippen molar-refractivity contribution in [3.63, 3.8) is 0 Å². The molecule has 0 spiro atoms. The van der Waals surface area contributed by atoms with Crippen molar-refractivity contribution in [2.75, 3.05) is 4.90 Å². The van der Waals surface area contributed by atoms with Gasteiger partial charge in [0.15, 0.2) is 4.32 Å². The molecule has 3 aromatic carbocycles. The van der Waals surface area contributed by atoms with Crippen LogP contribution in [-0.2, 0) is 11.4 Å². The Morgan fingerprint density at radius 2 is 1.81 bits per heavy atom. The largest absolute Gasteiger partial charge is 0.488 e. The molecule has 1 heterocycles. The minimum absolute atomic E-state index is 0.194. The van der Waals surface area contributed by atoms with Crippen molar-refractivity contribution in [1.82, 2.24) is 0 Å². The van der Waals surface area contributed by atoms with Crippen LogP contribution in [0.1, 0.15) is 11.1 Å². The summed E-state index contributed by atoms with van der Waals surface area (Å²) >= 11 is 22.2. The van der Waals surface area contributed by atoms with Gasteiger partial charge < -0.3 is 4.74 Å². The maximum Gasteiger partial charge on any atom is 0.270 e. The molecule has 31 heavy (non-hydrogen) atoms. The van der Waals surface area contributed by atoms with E-state index in [4.69, 9.17) is 40.2 Å². The zero-order chi connectivity index (χ0) is 22.0. The first-order valence-electron chi connectivity index (χ1n) is 9.11. The van der Waals surface area contributed by atoms with Gasteiger partial charge in [-0.2, -0.15) is 0 Å². The molecule has 0 unspecified atom stereocenters. The predicted molar refractivity (Wildman–Crippen MR) is 137 cm³/mol. The lowest BCUT2D eigenvalue weighted by molar-refractivity contribution is -0.113. The molecule has 1 saturated heterocycles. The number of hydrogen-bond acceptors (Lipinski definition) is 4. The zero-order valence-electron chi connectivity index (χ0n) is 15.8. The summed E-state index contributed by atoms with van der Waals surface area (Å²) in [5.74, 6) is 0.465. The van der Waals surface area contributed by atoms with Crippen LogP contribution in [0.5, 0.6) is 5.75 Å². The average Bonchev–Trinajstić information content (AvgIpc) is 3.01. The van der Waals surface area contributed by atoms with E-state index in [0.717, 1.165) is 15.6 Å². The van der Waals surface area contributed by atoms with Crippen LogP contribution in [0.3, 0.4) is 0 Å². The number of rotatable bonds is 5. The van der Waals surface area contributed by atoms with Crippen molar-refractivity contribution < 1.29 is 9.53 Å². The number of amides is 1. The summed E-state index contributed by atoms with van der Waals surface area (Å²) in [6, 6.07) is 20.2. The van der Waals surface area contributed by atoms with Crippen LogP contribution in [0.4, 0.5) is 5.69 Å². The number of halogens is 3. The summed E-state index contributed by atoms with van der Waals surface area (Å²) in [7, 11) is 0. The molecule has 0 saturated carbocycles. The first-order chi connectivity index (χ1) is 14.9. The topological polar surface area (TPSA) is 29.5 Å². The first-order valence-corrected chi connectivity index (χ1v) is 11.9. The number of hydrogen-bond donors (Lipinski definition) is 0. The number of anilines is 1. The SMILES string of the molecule is O=C1/C(=C/c2cc(Br)ccc2OCc2ccc(Cl)cc2)SC(=S)N1c1cccc(Cl)c1. The molecule has 3 nitrogen and oxygen atoms in total. The Hall–Kier alpha value is -1.83. The summed E-state index contributed by atoms with van der Waals surface area (Å²) < 4.78 is 7.36. The van der Waals surface area contributed by atoms with E-state index >= 15 is 0 Å². The first kappa shape index (κ1) is 22.4. The summed E-state index contributed by atoms with van der Waals surface area (Å²) in [6.45, 7) is 0.378. The molecule has 1 amide bonds. The molecule has 156 valence electrons. The second kappa shape index (κ2) is 9.76. The van der Waals surface area contributed by atoms with Crippen LogP contribution in [0.25, 0.3) is 6.08 Å². The van der Waals surface area contributed by atoms with Gasteiger partial charge in [0, 0.05) is 20.1 Å². The molecule has 1 aliphatic rings. The fourth-order valence-corrected chi connectivity index (χ4v) is 4.93. The maximum absolute atomic E-state index is 13.1. The predicted octanol–water partition coefficient (Wildman–Crippen LogP) is 7.74. The van der Waals surface area contributed by atoms with E-state index in [1.165, 1.54) is 16.7 Å². The van der Waals surface area contributed by atoms with E-state index in [-0.39, 0.29) is 5.91 Å². The number of nitrogens with zero attached hydrogens (tertiary/aromatic N) is 1. The van der Waals surface area contributed by atoms with Gasteiger partial charge in [-0.25, -0.2) is 0 Å². The lowest BCUT2D eigenvalue weighted by Gasteiger charge is -2.14. The third-order valence-corrected chi connectivity index (χ3v) is 6.71. The molecule has 0 bridgehead atoms. The third kappa shape index (κ3) is 5.33. The van der Waals surface area contributed by atoms with Crippen molar-refractivity contribution in [3.8, 4) is 5.75 Å². The van der Waals surface area contributed by atoms with Crippen LogP contribution < -0.4 is 9.64 Å². The van der Waals surface area contributed by atoms with E-state index in [9.17, 15) is 4.79 Å². The Kier molecular flexibility index (Phi) is 7.04. The molecule has 0 atom stereocenters. The Bertz CT molecular complexity index is 1200. The maximum atomic E-state index is 13.1. The molecule has 1 fully saturated rings. The van der Waals surface area contributed by atoms with Crippen LogP contribution in [-0.4, -0.2) is 10.2 Å². The molecular weight excluding hydrogens is 537 g/mol. The molecule has 3 aromatic rings. The Labute approximate surface area is 208 Å². The van der Waals surface area contributed by atoms with Gasteiger partial charge in [0.2, 0.25) is 0 Å². The highest BCUT2D eigenvalue weighted by Gasteiger charge is 2.33. The van der Waals surface area contributed by atoms with Crippen molar-refractivity contribution in [1.29, 1.82) is 0 Å². The minimum Gasteiger partial charge on any atom is -0.488 e. The van der Waals surface area contributed by atoms with E-state index in [1.807, 2.05) is 42.5 Å². The molecule has 8 heteroatoms. The summed E-state index contributed by atoms with van der Waals surface area (Å²) in [5.41, 5.74) is 2.41. The van der Waals surface area contributed by atoms with Crippen LogP contribution in [0, 0.1) is 0 Å². The van der Waals surface area contributed by atoms with Gasteiger partial charge in [0.25, 0.3) is 5.91 Å². The molecule has 1 aliphatic heterocycles. The second-order valence-corrected chi connectivity index (χ2v) is 10.1. The van der Waals surface area contributed by atoms with E-state index < -0.39 is 0 Å². The number of carbonyl (C=O) groups is 1. The monoisotopic (exact) mass is 549 g/mol. The van der Waals surface area contributed by atoms with Crippen LogP contribution in [0.2, 0.25) is 10.0 Å². The quantitative estimate of drug-likeness (QED) is 0.240. The lowest BCUT2D eigenvalue weighted by Crippen LogP contribution is -2.27. The van der Waals surface area contributed by atoms with Gasteiger partial charge in [0.1, 0.15) is 12.4 Å². The summed E-state index contributed by atoms with van der Waals surface area (Å²) in [5, 5.41) is 1.22. The van der Waals surface area contributed by atoms with Gasteiger partial charge in [-0.3, -0.25) is 9.69 Å². The Morgan fingerprint density at radius 1 is 1.03 bits per heavy atom. The van der Waals surface area contributed by atoms with Crippen LogP contribution >= 0.6 is 63.1 Å². The van der Waals surface area contributed by atoms with Gasteiger partial charge in [-0.15, -0.1) is 0 Å². The fraction of sp³-hybridized carbons (Fsp3) is 0.0435. The normalized spacial score (nSPS) is 15.1. The molecule has 0 N–H and O–H groups in total. The van der Waals surface area contributed by atoms with Crippen molar-refractivity contribution in [2.24, 2.45) is 0 Å². The van der Waals surface area contributed by atoms with Crippen LogP contribution in [0.15, 0.2) is 76.1 Å². The Morgan fingerprint density at radius 3 is 2.55 bits per heavy atom. The van der Waals surface area contributed by atoms with Gasteiger partial charge in [-0.1, -0.05) is 81.3 Å². The molecule has 4 rings (SSSR count). The molecular formula is C23H14BrCl2NO2S2. The second-order valence-electron chi connectivity index (χ2n) is 6.59. The van der Waals surface area contributed by atoms with E-state index in [0.29, 0.717) is 37.3 Å². The van der Waals surface area contributed by atoms with Gasteiger partial charge in [-0.05, 0) is 60.2 Å². The van der Waals surface area contributed by atoms with E-state index in [1.54, 1.807) is 30.3 Å². The molecule has 0 radical (unpaired) electrons. The van der Waals surface area contributed by atoms with Gasteiger partial charge in [0.05, 0.1) is 10.6 Å². The summed E-state index contributed by atoms with van der Waals surface area (Å²) in [6.07, 6.45) is 1.80. The smallest absolute Gasteiger partial charge is 0.270 e. The third-order valence-electron chi connectivity index (χ3n) is 4.43. The molecule has 0 aromatic heterocycles. The minimum atomic E-state index is -0.194. The van der Waals surface area contributed by atoms with E-state index in [2.05, 4.69) is 15.9 Å². The number of ether oxygens (including phenoxy) is 1. The number of carbonyl (C=O) groups excluding carboxylic acids is 1. The van der Waals surface area contributed by atoms with Crippen molar-refractivity contribution in [3.05, 3.63) is 97.3 Å². The standard InChI is InChI=1S/C23H14BrCl2NO2S2/c24-16-6-9-20(29-13-14-4-7-17(25)8-5-14)15(10-16)11-21-22(28)27(23(30)31-21)19-3-1-2-18(26)12-19/h1-12H,13H2/b21-11-. The fourth-order valence-electron chi connectivity index (χ4n) is 2.95. The van der Waals surface area contributed by atoms with Crippen molar-refractivity contribution in [2.45, 2.75) is 6.61 Å².